The molecule has 2 N–H and O–H groups in total. The number of carboxylic acids is 1. The molecule has 0 spiro atoms. The lowest BCUT2D eigenvalue weighted by molar-refractivity contribution is -0.142. The zero-order valence-electron chi connectivity index (χ0n) is 10.2. The Kier molecular flexibility index (Phi) is 5.81. The van der Waals surface area contributed by atoms with Gasteiger partial charge in [-0.1, -0.05) is 25.4 Å². The summed E-state index contributed by atoms with van der Waals surface area (Å²) in [4.78, 5) is 11.0. The molecule has 0 radical (unpaired) electrons. The molecule has 0 aromatic carbocycles. The van der Waals surface area contributed by atoms with Gasteiger partial charge < -0.3 is 5.11 Å². The number of rotatable bonds is 6. The van der Waals surface area contributed by atoms with Crippen LogP contribution in [0.4, 0.5) is 0 Å². The molecule has 1 atom stereocenters. The van der Waals surface area contributed by atoms with Gasteiger partial charge in [-0.05, 0) is 27.9 Å². The highest BCUT2D eigenvalue weighted by Crippen LogP contribution is 2.34. The zero-order chi connectivity index (χ0) is 14.8. The second kappa shape index (κ2) is 6.53. The monoisotopic (exact) mass is 389 g/mol. The molecule has 9 heteroatoms. The SMILES string of the molecule is CC(C)C(CNS(=O)(=O)c1cc(Cl)c(Br)s1)C(=O)O. The van der Waals surface area contributed by atoms with Gasteiger partial charge in [0.05, 0.1) is 14.7 Å². The predicted molar refractivity (Wildman–Crippen MR) is 78.2 cm³/mol. The van der Waals surface area contributed by atoms with Crippen LogP contribution in [0, 0.1) is 11.8 Å². The van der Waals surface area contributed by atoms with Crippen molar-refractivity contribution in [3.05, 3.63) is 14.9 Å². The second-order valence-corrected chi connectivity index (χ2v) is 9.00. The highest BCUT2D eigenvalue weighted by molar-refractivity contribution is 9.11. The van der Waals surface area contributed by atoms with Crippen LogP contribution in [0.5, 0.6) is 0 Å². The summed E-state index contributed by atoms with van der Waals surface area (Å²) in [5, 5.41) is 9.31. The molecule has 1 heterocycles. The first kappa shape index (κ1) is 16.9. The Balaban J connectivity index is 2.83. The van der Waals surface area contributed by atoms with Gasteiger partial charge in [0.25, 0.3) is 0 Å². The van der Waals surface area contributed by atoms with E-state index in [2.05, 4.69) is 20.7 Å². The number of aliphatic carboxylic acids is 1. The predicted octanol–water partition coefficient (Wildman–Crippen LogP) is 2.80. The molecule has 1 aromatic heterocycles. The molecular weight excluding hydrogens is 378 g/mol. The Morgan fingerprint density at radius 3 is 2.53 bits per heavy atom. The van der Waals surface area contributed by atoms with Crippen molar-refractivity contribution in [1.82, 2.24) is 4.72 Å². The normalized spacial score (nSPS) is 13.7. The van der Waals surface area contributed by atoms with Gasteiger partial charge in [-0.25, -0.2) is 13.1 Å². The molecule has 0 aliphatic heterocycles. The summed E-state index contributed by atoms with van der Waals surface area (Å²) in [6.07, 6.45) is 0. The van der Waals surface area contributed by atoms with E-state index < -0.39 is 21.9 Å². The summed E-state index contributed by atoms with van der Waals surface area (Å²) in [6.45, 7) is 3.31. The third-order valence-corrected chi connectivity index (χ3v) is 6.87. The van der Waals surface area contributed by atoms with Crippen LogP contribution in [-0.4, -0.2) is 26.0 Å². The van der Waals surface area contributed by atoms with Crippen LogP contribution < -0.4 is 4.72 Å². The first-order valence-electron chi connectivity index (χ1n) is 5.32. The lowest BCUT2D eigenvalue weighted by Gasteiger charge is -2.16. The average Bonchev–Trinajstić information content (AvgIpc) is 2.59. The van der Waals surface area contributed by atoms with E-state index in [0.717, 1.165) is 11.3 Å². The van der Waals surface area contributed by atoms with E-state index in [0.29, 0.717) is 8.81 Å². The van der Waals surface area contributed by atoms with E-state index in [1.165, 1.54) is 6.07 Å². The molecule has 0 saturated heterocycles. The molecule has 5 nitrogen and oxygen atoms in total. The Labute approximate surface area is 129 Å². The highest BCUT2D eigenvalue weighted by atomic mass is 79.9. The molecule has 0 bridgehead atoms. The van der Waals surface area contributed by atoms with Gasteiger partial charge in [0, 0.05) is 6.54 Å². The fourth-order valence-corrected chi connectivity index (χ4v) is 4.84. The topological polar surface area (TPSA) is 83.5 Å². The van der Waals surface area contributed by atoms with E-state index in [-0.39, 0.29) is 16.7 Å². The van der Waals surface area contributed by atoms with Crippen LogP contribution in [0.3, 0.4) is 0 Å². The zero-order valence-corrected chi connectivity index (χ0v) is 14.2. The fraction of sp³-hybridized carbons (Fsp3) is 0.500. The third kappa shape index (κ3) is 4.42. The minimum Gasteiger partial charge on any atom is -0.481 e. The average molecular weight is 391 g/mol. The largest absolute Gasteiger partial charge is 0.481 e. The number of halogens is 2. The Bertz CT molecular complexity index is 551. The van der Waals surface area contributed by atoms with E-state index in [1.54, 1.807) is 13.8 Å². The number of hydrogen-bond acceptors (Lipinski definition) is 4. The van der Waals surface area contributed by atoms with Gasteiger partial charge in [-0.2, -0.15) is 0 Å². The summed E-state index contributed by atoms with van der Waals surface area (Å²) < 4.78 is 26.8. The molecule has 1 rings (SSSR count). The Morgan fingerprint density at radius 2 is 2.16 bits per heavy atom. The number of hydrogen-bond donors (Lipinski definition) is 2. The molecule has 19 heavy (non-hydrogen) atoms. The minimum atomic E-state index is -3.73. The number of thiophene rings is 1. The summed E-state index contributed by atoms with van der Waals surface area (Å²) in [5.74, 6) is -1.96. The van der Waals surface area contributed by atoms with E-state index in [9.17, 15) is 13.2 Å². The molecular formula is C10H13BrClNO4S2. The molecule has 0 amide bonds. The maximum Gasteiger partial charge on any atom is 0.308 e. The van der Waals surface area contributed by atoms with Crippen molar-refractivity contribution < 1.29 is 18.3 Å². The van der Waals surface area contributed by atoms with Gasteiger partial charge in [0.1, 0.15) is 4.21 Å². The lowest BCUT2D eigenvalue weighted by Crippen LogP contribution is -2.35. The van der Waals surface area contributed by atoms with Gasteiger partial charge in [-0.15, -0.1) is 11.3 Å². The molecule has 0 aliphatic carbocycles. The first-order chi connectivity index (χ1) is 8.65. The van der Waals surface area contributed by atoms with Crippen LogP contribution in [0.15, 0.2) is 14.1 Å². The van der Waals surface area contributed by atoms with E-state index in [1.807, 2.05) is 0 Å². The molecule has 0 aliphatic rings. The Hall–Kier alpha value is -0.150. The van der Waals surface area contributed by atoms with Crippen LogP contribution in [0.2, 0.25) is 5.02 Å². The van der Waals surface area contributed by atoms with E-state index in [4.69, 9.17) is 16.7 Å². The quantitative estimate of drug-likeness (QED) is 0.782. The molecule has 1 aromatic rings. The van der Waals surface area contributed by atoms with Gasteiger partial charge in [0.15, 0.2) is 0 Å². The molecule has 0 fully saturated rings. The maximum absolute atomic E-state index is 12.0. The molecule has 1 unspecified atom stereocenters. The van der Waals surface area contributed by atoms with Crippen molar-refractivity contribution in [1.29, 1.82) is 0 Å². The summed E-state index contributed by atoms with van der Waals surface area (Å²) in [5.41, 5.74) is 0. The summed E-state index contributed by atoms with van der Waals surface area (Å²) in [6, 6.07) is 1.32. The molecule has 0 saturated carbocycles. The van der Waals surface area contributed by atoms with Crippen molar-refractivity contribution in [2.45, 2.75) is 18.1 Å². The lowest BCUT2D eigenvalue weighted by atomic mass is 9.97. The first-order valence-corrected chi connectivity index (χ1v) is 8.79. The van der Waals surface area contributed by atoms with Crippen LogP contribution in [0.1, 0.15) is 13.8 Å². The summed E-state index contributed by atoms with van der Waals surface area (Å²) in [7, 11) is -3.73. The van der Waals surface area contributed by atoms with Crippen molar-refractivity contribution >= 4 is 54.9 Å². The van der Waals surface area contributed by atoms with Crippen molar-refractivity contribution in [2.24, 2.45) is 11.8 Å². The fourth-order valence-electron chi connectivity index (χ4n) is 1.34. The van der Waals surface area contributed by atoms with Crippen LogP contribution in [0.25, 0.3) is 0 Å². The van der Waals surface area contributed by atoms with Crippen LogP contribution >= 0.6 is 38.9 Å². The van der Waals surface area contributed by atoms with Crippen LogP contribution in [-0.2, 0) is 14.8 Å². The van der Waals surface area contributed by atoms with Crippen molar-refractivity contribution in [3.63, 3.8) is 0 Å². The van der Waals surface area contributed by atoms with Crippen molar-refractivity contribution in [2.75, 3.05) is 6.54 Å². The standard InChI is InChI=1S/C10H13BrClNO4S2/c1-5(2)6(10(14)15)4-13-19(16,17)8-3-7(12)9(11)18-8/h3,5-6,13H,4H2,1-2H3,(H,14,15). The smallest absolute Gasteiger partial charge is 0.308 e. The van der Waals surface area contributed by atoms with E-state index >= 15 is 0 Å². The summed E-state index contributed by atoms with van der Waals surface area (Å²) >= 11 is 9.89. The number of carbonyl (C=O) groups is 1. The Morgan fingerprint density at radius 1 is 1.58 bits per heavy atom. The second-order valence-electron chi connectivity index (χ2n) is 4.23. The number of nitrogens with one attached hydrogen (secondary N) is 1. The number of sulfonamides is 1. The maximum atomic E-state index is 12.0. The van der Waals surface area contributed by atoms with Gasteiger partial charge in [-0.3, -0.25) is 4.79 Å². The van der Waals surface area contributed by atoms with Crippen molar-refractivity contribution in [3.8, 4) is 0 Å². The van der Waals surface area contributed by atoms with Gasteiger partial charge in [0.2, 0.25) is 10.0 Å². The highest BCUT2D eigenvalue weighted by Gasteiger charge is 2.25. The number of carboxylic acid groups (broad SMARTS) is 1. The molecule has 108 valence electrons. The third-order valence-electron chi connectivity index (χ3n) is 2.50. The van der Waals surface area contributed by atoms with Gasteiger partial charge >= 0.3 is 5.97 Å². The minimum absolute atomic E-state index is 0.0530.